The van der Waals surface area contributed by atoms with Crippen LogP contribution < -0.4 is 10.2 Å². The van der Waals surface area contributed by atoms with Gasteiger partial charge in [-0.15, -0.1) is 0 Å². The van der Waals surface area contributed by atoms with Gasteiger partial charge < -0.3 is 23.5 Å². The first kappa shape index (κ1) is 40.2. The highest BCUT2D eigenvalue weighted by molar-refractivity contribution is 6.60. The molecule has 2 aliphatic rings. The lowest BCUT2D eigenvalue weighted by Crippen LogP contribution is -2.46. The third-order valence-electron chi connectivity index (χ3n) is 9.84. The van der Waals surface area contributed by atoms with Gasteiger partial charge in [0.15, 0.2) is 5.71 Å². The Balaban J connectivity index is 1.44. The number of carbonyl (C=O) groups is 1. The number of rotatable bonds is 19. The van der Waals surface area contributed by atoms with Crippen LogP contribution >= 0.6 is 0 Å². The molecule has 8 heteroatoms. The highest BCUT2D eigenvalue weighted by Gasteiger charge is 2.44. The predicted octanol–water partition coefficient (Wildman–Crippen LogP) is 9.40. The first-order valence-corrected chi connectivity index (χ1v) is 21.0. The highest BCUT2D eigenvalue weighted by Crippen LogP contribution is 2.48. The normalized spacial score (nSPS) is 17.4. The summed E-state index contributed by atoms with van der Waals surface area (Å²) in [5.41, 5.74) is 8.02. The van der Waals surface area contributed by atoms with Crippen LogP contribution in [0, 0.1) is 0 Å². The second kappa shape index (κ2) is 18.3. The SMILES string of the molecule is CCCN1/C(=C/C=C/C=C/C=C/C2=[N+](CCC)c3ccccc3C2(C)C)C(C)(C)c2cc(C(=O)NCCC[Si](OCC)(OCC)OCC)ccc21. The number of fused-ring (bicyclic) bond motifs is 2. The molecular weight excluding hydrogens is 651 g/mol. The molecule has 0 saturated heterocycles. The number of hydrogen-bond acceptors (Lipinski definition) is 5. The Hall–Kier alpha value is -3.56. The molecule has 276 valence electrons. The van der Waals surface area contributed by atoms with Crippen molar-refractivity contribution in [3.8, 4) is 0 Å². The Kier molecular flexibility index (Phi) is 14.4. The van der Waals surface area contributed by atoms with Crippen LogP contribution in [-0.2, 0) is 24.1 Å². The van der Waals surface area contributed by atoms with E-state index in [1.54, 1.807) is 0 Å². The fourth-order valence-electron chi connectivity index (χ4n) is 7.48. The number of benzene rings is 2. The molecule has 0 atom stereocenters. The zero-order valence-electron chi connectivity index (χ0n) is 32.7. The maximum absolute atomic E-state index is 13.3. The molecule has 1 N–H and O–H groups in total. The summed E-state index contributed by atoms with van der Waals surface area (Å²) in [6, 6.07) is 15.6. The zero-order valence-corrected chi connectivity index (χ0v) is 33.7. The van der Waals surface area contributed by atoms with Crippen LogP contribution in [0.2, 0.25) is 6.04 Å². The summed E-state index contributed by atoms with van der Waals surface area (Å²) in [7, 11) is -2.73. The molecule has 0 unspecified atom stereocenters. The van der Waals surface area contributed by atoms with E-state index in [0.29, 0.717) is 38.0 Å². The minimum atomic E-state index is -2.73. The molecule has 2 aromatic rings. The summed E-state index contributed by atoms with van der Waals surface area (Å²) in [5.74, 6) is -0.0662. The number of nitrogens with zero attached hydrogens (tertiary/aromatic N) is 2. The van der Waals surface area contributed by atoms with Crippen LogP contribution in [0.1, 0.15) is 103 Å². The lowest BCUT2D eigenvalue weighted by atomic mass is 9.81. The molecule has 2 aliphatic heterocycles. The molecule has 4 rings (SSSR count). The van der Waals surface area contributed by atoms with Gasteiger partial charge in [0.25, 0.3) is 5.91 Å². The lowest BCUT2D eigenvalue weighted by molar-refractivity contribution is -0.437. The first-order chi connectivity index (χ1) is 24.5. The van der Waals surface area contributed by atoms with Gasteiger partial charge in [-0.1, -0.05) is 76.3 Å². The van der Waals surface area contributed by atoms with E-state index >= 15 is 0 Å². The molecular formula is C43H62N3O4Si+. The maximum atomic E-state index is 13.3. The fraction of sp³-hybridized carbons (Fsp3) is 0.488. The number of hydrogen-bond donors (Lipinski definition) is 1. The van der Waals surface area contributed by atoms with Gasteiger partial charge in [-0.3, -0.25) is 4.79 Å². The average Bonchev–Trinajstić information content (AvgIpc) is 3.45. The van der Waals surface area contributed by atoms with Crippen molar-refractivity contribution in [1.82, 2.24) is 5.32 Å². The minimum Gasteiger partial charge on any atom is -0.374 e. The summed E-state index contributed by atoms with van der Waals surface area (Å²) < 4.78 is 20.4. The standard InChI is InChI=1S/C43H61N3O4Si/c1-10-30-45-37-24-21-20-23-35(37)42(6,7)39(45)25-18-16-15-17-19-26-40-43(8,9)36-33-34(27-28-38(36)46(40)31-11-2)41(47)44-29-22-32-51(48-12-3,49-13-4)50-14-5/h15-21,23-28,33H,10-14,22,29-32H2,1-9H3/p+1. The first-order valence-electron chi connectivity index (χ1n) is 19.1. The molecule has 0 aliphatic carbocycles. The molecule has 0 fully saturated rings. The van der Waals surface area contributed by atoms with Crippen LogP contribution in [0.5, 0.6) is 0 Å². The van der Waals surface area contributed by atoms with Crippen LogP contribution in [0.4, 0.5) is 11.4 Å². The Bertz CT molecular complexity index is 1630. The molecule has 0 bridgehead atoms. The van der Waals surface area contributed by atoms with Gasteiger partial charge in [-0.05, 0) is 77.3 Å². The summed E-state index contributed by atoms with van der Waals surface area (Å²) in [5, 5.41) is 3.12. The van der Waals surface area contributed by atoms with Crippen LogP contribution in [0.25, 0.3) is 0 Å². The monoisotopic (exact) mass is 712 g/mol. The minimum absolute atomic E-state index is 0.0335. The van der Waals surface area contributed by atoms with Crippen LogP contribution in [0.3, 0.4) is 0 Å². The van der Waals surface area contributed by atoms with Crippen molar-refractivity contribution in [2.75, 3.05) is 44.4 Å². The van der Waals surface area contributed by atoms with Crippen molar-refractivity contribution >= 4 is 31.8 Å². The Morgan fingerprint density at radius 1 is 0.824 bits per heavy atom. The van der Waals surface area contributed by atoms with Crippen molar-refractivity contribution in [3.63, 3.8) is 0 Å². The quantitative estimate of drug-likeness (QED) is 0.0681. The van der Waals surface area contributed by atoms with Crippen LogP contribution in [-0.4, -0.2) is 64.5 Å². The Labute approximate surface area is 309 Å². The van der Waals surface area contributed by atoms with E-state index < -0.39 is 8.80 Å². The number of para-hydroxylation sites is 1. The number of carbonyl (C=O) groups excluding carboxylic acids is 1. The van der Waals surface area contributed by atoms with Gasteiger partial charge >= 0.3 is 8.80 Å². The number of amides is 1. The second-order valence-electron chi connectivity index (χ2n) is 14.2. The summed E-state index contributed by atoms with van der Waals surface area (Å²) in [4.78, 5) is 15.7. The van der Waals surface area contributed by atoms with E-state index in [4.69, 9.17) is 13.3 Å². The van der Waals surface area contributed by atoms with E-state index in [9.17, 15) is 4.79 Å². The van der Waals surface area contributed by atoms with E-state index in [2.05, 4.69) is 135 Å². The van der Waals surface area contributed by atoms with Gasteiger partial charge in [-0.2, -0.15) is 4.58 Å². The third kappa shape index (κ3) is 9.09. The number of nitrogens with one attached hydrogen (secondary N) is 1. The third-order valence-corrected chi connectivity index (χ3v) is 13.0. The predicted molar refractivity (Wildman–Crippen MR) is 215 cm³/mol. The molecule has 0 spiro atoms. The lowest BCUT2D eigenvalue weighted by Gasteiger charge is -2.28. The van der Waals surface area contributed by atoms with Crippen molar-refractivity contribution in [2.45, 2.75) is 98.5 Å². The molecule has 0 radical (unpaired) electrons. The molecule has 7 nitrogen and oxygen atoms in total. The van der Waals surface area contributed by atoms with Crippen LogP contribution in [0.15, 0.2) is 90.7 Å². The van der Waals surface area contributed by atoms with E-state index in [1.807, 2.05) is 26.8 Å². The highest BCUT2D eigenvalue weighted by atomic mass is 28.4. The van der Waals surface area contributed by atoms with E-state index in [0.717, 1.165) is 32.4 Å². The van der Waals surface area contributed by atoms with Gasteiger partial charge in [0, 0.05) is 85.4 Å². The second-order valence-corrected chi connectivity index (χ2v) is 16.9. The van der Waals surface area contributed by atoms with E-state index in [-0.39, 0.29) is 16.7 Å². The van der Waals surface area contributed by atoms with Gasteiger partial charge in [-0.25, -0.2) is 0 Å². The summed E-state index contributed by atoms with van der Waals surface area (Å²) >= 11 is 0. The maximum Gasteiger partial charge on any atom is 0.500 e. The molecule has 0 aromatic heterocycles. The largest absolute Gasteiger partial charge is 0.500 e. The zero-order chi connectivity index (χ0) is 37.1. The van der Waals surface area contributed by atoms with Crippen molar-refractivity contribution < 1.29 is 22.6 Å². The molecule has 1 amide bonds. The fourth-order valence-corrected chi connectivity index (χ4v) is 10.1. The molecule has 2 aromatic carbocycles. The number of allylic oxidation sites excluding steroid dienone is 8. The van der Waals surface area contributed by atoms with Gasteiger partial charge in [0.1, 0.15) is 6.54 Å². The number of anilines is 1. The summed E-state index contributed by atoms with van der Waals surface area (Å²) in [6.45, 7) is 23.6. The molecule has 51 heavy (non-hydrogen) atoms. The van der Waals surface area contributed by atoms with E-state index in [1.165, 1.54) is 33.9 Å². The van der Waals surface area contributed by atoms with Gasteiger partial charge in [0.2, 0.25) is 5.69 Å². The van der Waals surface area contributed by atoms with Gasteiger partial charge in [0.05, 0.1) is 5.41 Å². The molecule has 2 heterocycles. The topological polar surface area (TPSA) is 63.0 Å². The summed E-state index contributed by atoms with van der Waals surface area (Å²) in [6.07, 6.45) is 17.9. The Morgan fingerprint density at radius 2 is 1.49 bits per heavy atom. The average molecular weight is 713 g/mol. The van der Waals surface area contributed by atoms with Crippen molar-refractivity contribution in [2.24, 2.45) is 0 Å². The molecule has 0 saturated carbocycles. The van der Waals surface area contributed by atoms with Crippen molar-refractivity contribution in [1.29, 1.82) is 0 Å². The smallest absolute Gasteiger partial charge is 0.374 e. The van der Waals surface area contributed by atoms with Crippen molar-refractivity contribution in [3.05, 3.63) is 107 Å². The Morgan fingerprint density at radius 3 is 2.16 bits per heavy atom.